The number of ether oxygens (including phenoxy) is 3. The van der Waals surface area contributed by atoms with Crippen LogP contribution in [0.4, 0.5) is 5.69 Å². The highest BCUT2D eigenvalue weighted by atomic mass is 32.1. The smallest absolute Gasteiger partial charge is 0.253 e. The number of rotatable bonds is 6. The summed E-state index contributed by atoms with van der Waals surface area (Å²) in [5.41, 5.74) is 5.22. The highest BCUT2D eigenvalue weighted by Gasteiger charge is 2.19. The Kier molecular flexibility index (Phi) is 6.52. The molecule has 1 aromatic heterocycles. The molecule has 7 nitrogen and oxygen atoms in total. The van der Waals surface area contributed by atoms with E-state index in [0.717, 1.165) is 39.0 Å². The van der Waals surface area contributed by atoms with Gasteiger partial charge in [-0.1, -0.05) is 30.3 Å². The van der Waals surface area contributed by atoms with Crippen molar-refractivity contribution in [1.29, 1.82) is 0 Å². The summed E-state index contributed by atoms with van der Waals surface area (Å²) in [6, 6.07) is 19.4. The maximum absolute atomic E-state index is 13.1. The molecular weight excluding hydrogens is 474 g/mol. The number of H-pyrrole nitrogens is 1. The zero-order chi connectivity index (χ0) is 25.2. The number of benzene rings is 3. The Balaban J connectivity index is 1.50. The number of fused-ring (bicyclic) bond motifs is 2. The molecule has 0 saturated carbocycles. The van der Waals surface area contributed by atoms with E-state index in [1.54, 1.807) is 7.11 Å². The first-order chi connectivity index (χ1) is 17.4. The lowest BCUT2D eigenvalue weighted by Crippen LogP contribution is -2.35. The van der Waals surface area contributed by atoms with Gasteiger partial charge in [0.05, 0.1) is 24.9 Å². The Labute approximate surface area is 214 Å². The van der Waals surface area contributed by atoms with E-state index in [-0.39, 0.29) is 12.4 Å². The van der Waals surface area contributed by atoms with Crippen molar-refractivity contribution in [1.82, 2.24) is 9.88 Å². The van der Waals surface area contributed by atoms with E-state index in [1.807, 2.05) is 73.3 Å². The van der Waals surface area contributed by atoms with Gasteiger partial charge >= 0.3 is 0 Å². The summed E-state index contributed by atoms with van der Waals surface area (Å²) in [7, 11) is 1.62. The molecule has 0 saturated heterocycles. The Bertz CT molecular complexity index is 1510. The second-order valence-electron chi connectivity index (χ2n) is 8.79. The van der Waals surface area contributed by atoms with Gasteiger partial charge in [0, 0.05) is 17.5 Å². The van der Waals surface area contributed by atoms with Crippen molar-refractivity contribution in [3.8, 4) is 17.2 Å². The van der Waals surface area contributed by atoms with E-state index < -0.39 is 0 Å². The topological polar surface area (TPSA) is 75.8 Å². The summed E-state index contributed by atoms with van der Waals surface area (Å²) in [5, 5.41) is 4.79. The molecule has 0 fully saturated rings. The van der Waals surface area contributed by atoms with E-state index >= 15 is 0 Å². The van der Waals surface area contributed by atoms with E-state index in [0.29, 0.717) is 35.3 Å². The van der Waals surface area contributed by atoms with Gasteiger partial charge in [0.25, 0.3) is 5.56 Å². The number of aromatic amines is 1. The van der Waals surface area contributed by atoms with Crippen LogP contribution < -0.4 is 25.1 Å². The second kappa shape index (κ2) is 9.91. The Morgan fingerprint density at radius 2 is 1.81 bits per heavy atom. The van der Waals surface area contributed by atoms with Crippen LogP contribution in [-0.2, 0) is 13.1 Å². The van der Waals surface area contributed by atoms with Gasteiger partial charge in [0.2, 0.25) is 6.79 Å². The summed E-state index contributed by atoms with van der Waals surface area (Å²) in [6.07, 6.45) is 0. The minimum atomic E-state index is -0.132. The number of nitrogens with one attached hydrogen (secondary N) is 2. The van der Waals surface area contributed by atoms with E-state index in [2.05, 4.69) is 16.4 Å². The van der Waals surface area contributed by atoms with Gasteiger partial charge in [-0.15, -0.1) is 0 Å². The van der Waals surface area contributed by atoms with Crippen LogP contribution in [0, 0.1) is 13.8 Å². The van der Waals surface area contributed by atoms with E-state index in [1.165, 1.54) is 0 Å². The molecule has 184 valence electrons. The highest BCUT2D eigenvalue weighted by Crippen LogP contribution is 2.33. The molecule has 2 heterocycles. The van der Waals surface area contributed by atoms with Crippen molar-refractivity contribution in [2.75, 3.05) is 19.2 Å². The lowest BCUT2D eigenvalue weighted by Gasteiger charge is -2.27. The lowest BCUT2D eigenvalue weighted by molar-refractivity contribution is 0.174. The van der Waals surface area contributed by atoms with Gasteiger partial charge in [0.15, 0.2) is 16.6 Å². The number of hydrogen-bond donors (Lipinski definition) is 2. The summed E-state index contributed by atoms with van der Waals surface area (Å²) in [6.45, 7) is 5.02. The van der Waals surface area contributed by atoms with Crippen LogP contribution in [0.5, 0.6) is 17.2 Å². The van der Waals surface area contributed by atoms with Crippen molar-refractivity contribution < 1.29 is 14.2 Å². The fourth-order valence-electron chi connectivity index (χ4n) is 4.34. The van der Waals surface area contributed by atoms with Crippen LogP contribution in [0.2, 0.25) is 0 Å². The summed E-state index contributed by atoms with van der Waals surface area (Å²) >= 11 is 5.84. The van der Waals surface area contributed by atoms with Crippen LogP contribution in [0.1, 0.15) is 22.3 Å². The first kappa shape index (κ1) is 23.7. The molecule has 36 heavy (non-hydrogen) atoms. The third-order valence-corrected chi connectivity index (χ3v) is 6.69. The van der Waals surface area contributed by atoms with Gasteiger partial charge in [-0.2, -0.15) is 0 Å². The minimum absolute atomic E-state index is 0.132. The van der Waals surface area contributed by atoms with Crippen LogP contribution in [0.3, 0.4) is 0 Å². The molecule has 0 atom stereocenters. The predicted octanol–water partition coefficient (Wildman–Crippen LogP) is 5.28. The van der Waals surface area contributed by atoms with Gasteiger partial charge in [-0.3, -0.25) is 4.79 Å². The molecule has 8 heteroatoms. The Morgan fingerprint density at radius 3 is 2.64 bits per heavy atom. The third kappa shape index (κ3) is 4.72. The zero-order valence-corrected chi connectivity index (χ0v) is 21.2. The molecule has 0 spiro atoms. The van der Waals surface area contributed by atoms with Crippen molar-refractivity contribution in [2.45, 2.75) is 26.9 Å². The average Bonchev–Trinajstić information content (AvgIpc) is 3.35. The standard InChI is InChI=1S/C28H27N3O4S/c1-17-8-9-18(2)26-21(17)13-20(27(32)30-26)15-31(14-19-10-11-24-25(12-19)35-16-34-24)28(36)29-22-6-4-5-7-23(22)33-3/h4-13H,14-16H2,1-3H3,(H,29,36)(H,30,32). The van der Waals surface area contributed by atoms with Crippen molar-refractivity contribution in [3.63, 3.8) is 0 Å². The number of methoxy groups -OCH3 is 1. The van der Waals surface area contributed by atoms with Crippen LogP contribution in [0.15, 0.2) is 65.5 Å². The number of pyridine rings is 1. The normalized spacial score (nSPS) is 12.0. The van der Waals surface area contributed by atoms with Gasteiger partial charge < -0.3 is 29.4 Å². The number of para-hydroxylation sites is 2. The number of nitrogens with zero attached hydrogens (tertiary/aromatic N) is 1. The number of thiocarbonyl (C=S) groups is 1. The van der Waals surface area contributed by atoms with Crippen molar-refractivity contribution in [3.05, 3.63) is 93.3 Å². The molecule has 5 rings (SSSR count). The maximum atomic E-state index is 13.1. The minimum Gasteiger partial charge on any atom is -0.495 e. The maximum Gasteiger partial charge on any atom is 0.253 e. The molecule has 0 aliphatic carbocycles. The van der Waals surface area contributed by atoms with Crippen LogP contribution >= 0.6 is 12.2 Å². The largest absolute Gasteiger partial charge is 0.495 e. The molecule has 1 aliphatic rings. The predicted molar refractivity (Wildman–Crippen MR) is 145 cm³/mol. The Hall–Kier alpha value is -4.04. The number of anilines is 1. The fraction of sp³-hybridized carbons (Fsp3) is 0.214. The first-order valence-electron chi connectivity index (χ1n) is 11.6. The Morgan fingerprint density at radius 1 is 1.03 bits per heavy atom. The van der Waals surface area contributed by atoms with Crippen molar-refractivity contribution >= 4 is 33.9 Å². The van der Waals surface area contributed by atoms with Gasteiger partial charge in [-0.25, -0.2) is 0 Å². The number of aromatic nitrogens is 1. The molecule has 3 aromatic carbocycles. The molecule has 1 aliphatic heterocycles. The van der Waals surface area contributed by atoms with Crippen molar-refractivity contribution in [2.24, 2.45) is 0 Å². The molecule has 0 unspecified atom stereocenters. The zero-order valence-electron chi connectivity index (χ0n) is 20.4. The monoisotopic (exact) mass is 501 g/mol. The first-order valence-corrected chi connectivity index (χ1v) is 12.0. The highest BCUT2D eigenvalue weighted by molar-refractivity contribution is 7.80. The van der Waals surface area contributed by atoms with Gasteiger partial charge in [0.1, 0.15) is 5.75 Å². The molecule has 0 bridgehead atoms. The SMILES string of the molecule is COc1ccccc1NC(=S)N(Cc1ccc2c(c1)OCO2)Cc1cc2c(C)ccc(C)c2[nH]c1=O. The fourth-order valence-corrected chi connectivity index (χ4v) is 4.58. The molecule has 0 amide bonds. The molecular formula is C28H27N3O4S. The average molecular weight is 502 g/mol. The summed E-state index contributed by atoms with van der Waals surface area (Å²) in [5.74, 6) is 2.10. The van der Waals surface area contributed by atoms with Crippen LogP contribution in [0.25, 0.3) is 10.9 Å². The molecule has 0 radical (unpaired) electrons. The molecule has 2 N–H and O–H groups in total. The quantitative estimate of drug-likeness (QED) is 0.348. The summed E-state index contributed by atoms with van der Waals surface area (Å²) < 4.78 is 16.5. The molecule has 4 aromatic rings. The lowest BCUT2D eigenvalue weighted by atomic mass is 10.0. The third-order valence-electron chi connectivity index (χ3n) is 6.33. The van der Waals surface area contributed by atoms with E-state index in [9.17, 15) is 4.79 Å². The van der Waals surface area contributed by atoms with Crippen LogP contribution in [-0.4, -0.2) is 28.9 Å². The van der Waals surface area contributed by atoms with E-state index in [4.69, 9.17) is 26.4 Å². The second-order valence-corrected chi connectivity index (χ2v) is 9.17. The number of aryl methyl sites for hydroxylation is 2. The summed E-state index contributed by atoms with van der Waals surface area (Å²) in [4.78, 5) is 18.2. The number of hydrogen-bond acceptors (Lipinski definition) is 5. The van der Waals surface area contributed by atoms with Gasteiger partial charge in [-0.05, 0) is 73.1 Å².